The van der Waals surface area contributed by atoms with Crippen LogP contribution < -0.4 is 5.32 Å². The Labute approximate surface area is 131 Å². The van der Waals surface area contributed by atoms with Gasteiger partial charge in [-0.25, -0.2) is 0 Å². The minimum atomic E-state index is -0.581. The van der Waals surface area contributed by atoms with E-state index in [2.05, 4.69) is 42.8 Å². The lowest BCUT2D eigenvalue weighted by Crippen LogP contribution is -2.53. The molecule has 1 aliphatic rings. The molecule has 21 heavy (non-hydrogen) atoms. The van der Waals surface area contributed by atoms with Crippen LogP contribution in [0.1, 0.15) is 41.5 Å². The summed E-state index contributed by atoms with van der Waals surface area (Å²) in [6, 6.07) is 0. The second-order valence-electron chi connectivity index (χ2n) is 8.55. The van der Waals surface area contributed by atoms with Gasteiger partial charge < -0.3 is 15.3 Å². The summed E-state index contributed by atoms with van der Waals surface area (Å²) in [4.78, 5) is 4.94. The zero-order valence-corrected chi connectivity index (χ0v) is 15.1. The highest BCUT2D eigenvalue weighted by Gasteiger charge is 2.26. The molecule has 4 nitrogen and oxygen atoms in total. The highest BCUT2D eigenvalue weighted by molar-refractivity contribution is 4.82. The molecular formula is C17H37N3O. The Morgan fingerprint density at radius 2 is 1.43 bits per heavy atom. The van der Waals surface area contributed by atoms with Gasteiger partial charge in [0.2, 0.25) is 0 Å². The Bertz CT molecular complexity index is 289. The minimum absolute atomic E-state index is 0.313. The maximum absolute atomic E-state index is 9.90. The molecule has 0 radical (unpaired) electrons. The van der Waals surface area contributed by atoms with E-state index in [0.29, 0.717) is 11.3 Å². The van der Waals surface area contributed by atoms with Crippen LogP contribution in [0.15, 0.2) is 0 Å². The van der Waals surface area contributed by atoms with Crippen molar-refractivity contribution < 1.29 is 5.11 Å². The summed E-state index contributed by atoms with van der Waals surface area (Å²) in [6.07, 6.45) is 0. The molecule has 0 amide bonds. The van der Waals surface area contributed by atoms with Crippen LogP contribution in [-0.2, 0) is 0 Å². The van der Waals surface area contributed by atoms with Crippen molar-refractivity contribution in [1.82, 2.24) is 15.1 Å². The average molecular weight is 300 g/mol. The van der Waals surface area contributed by atoms with E-state index in [1.54, 1.807) is 0 Å². The molecule has 0 bridgehead atoms. The zero-order chi connectivity index (χ0) is 16.1. The van der Waals surface area contributed by atoms with Crippen molar-refractivity contribution >= 4 is 0 Å². The van der Waals surface area contributed by atoms with Crippen LogP contribution in [0.25, 0.3) is 0 Å². The SMILES string of the molecule is CC(C)CNCC(C)(C)CN1CCN(CC(C)(C)O)CC1. The Balaban J connectivity index is 2.27. The number of nitrogens with zero attached hydrogens (tertiary/aromatic N) is 2. The summed E-state index contributed by atoms with van der Waals surface area (Å²) in [5.74, 6) is 0.714. The van der Waals surface area contributed by atoms with Crippen molar-refractivity contribution in [2.45, 2.75) is 47.1 Å². The molecule has 0 aromatic heterocycles. The van der Waals surface area contributed by atoms with Gasteiger partial charge in [0.15, 0.2) is 0 Å². The highest BCUT2D eigenvalue weighted by atomic mass is 16.3. The smallest absolute Gasteiger partial charge is 0.0718 e. The second kappa shape index (κ2) is 7.91. The van der Waals surface area contributed by atoms with Crippen LogP contribution >= 0.6 is 0 Å². The molecule has 0 aromatic carbocycles. The maximum atomic E-state index is 9.90. The van der Waals surface area contributed by atoms with E-state index in [1.807, 2.05) is 13.8 Å². The van der Waals surface area contributed by atoms with Gasteiger partial charge in [0.05, 0.1) is 5.60 Å². The van der Waals surface area contributed by atoms with Crippen LogP contribution in [0, 0.1) is 11.3 Å². The zero-order valence-electron chi connectivity index (χ0n) is 15.1. The Hall–Kier alpha value is -0.160. The molecule has 1 aliphatic heterocycles. The Morgan fingerprint density at radius 1 is 0.952 bits per heavy atom. The van der Waals surface area contributed by atoms with E-state index in [0.717, 1.165) is 52.4 Å². The van der Waals surface area contributed by atoms with Gasteiger partial charge in [-0.3, -0.25) is 4.90 Å². The predicted octanol–water partition coefficient (Wildman–Crippen LogP) is 1.65. The lowest BCUT2D eigenvalue weighted by molar-refractivity contribution is 0.0125. The van der Waals surface area contributed by atoms with Gasteiger partial charge in [-0.1, -0.05) is 27.7 Å². The molecule has 2 N–H and O–H groups in total. The summed E-state index contributed by atoms with van der Waals surface area (Å²) in [5.41, 5.74) is -0.268. The van der Waals surface area contributed by atoms with Crippen molar-refractivity contribution in [3.8, 4) is 0 Å². The molecule has 1 heterocycles. The van der Waals surface area contributed by atoms with Gasteiger partial charge in [0.25, 0.3) is 0 Å². The maximum Gasteiger partial charge on any atom is 0.0718 e. The number of hydrogen-bond donors (Lipinski definition) is 2. The third-order valence-corrected chi connectivity index (χ3v) is 3.88. The van der Waals surface area contributed by atoms with Crippen LogP contribution in [-0.4, -0.2) is 72.9 Å². The number of piperazine rings is 1. The van der Waals surface area contributed by atoms with Gasteiger partial charge in [-0.2, -0.15) is 0 Å². The first-order chi connectivity index (χ1) is 9.57. The Morgan fingerprint density at radius 3 is 1.86 bits per heavy atom. The number of nitrogens with one attached hydrogen (secondary N) is 1. The van der Waals surface area contributed by atoms with Crippen LogP contribution in [0.4, 0.5) is 0 Å². The molecule has 1 rings (SSSR count). The topological polar surface area (TPSA) is 38.7 Å². The first kappa shape index (κ1) is 18.9. The summed E-state index contributed by atoms with van der Waals surface area (Å²) >= 11 is 0. The molecule has 0 aliphatic carbocycles. The largest absolute Gasteiger partial charge is 0.389 e. The van der Waals surface area contributed by atoms with Gasteiger partial charge in [0, 0.05) is 45.8 Å². The third kappa shape index (κ3) is 8.77. The van der Waals surface area contributed by atoms with E-state index in [-0.39, 0.29) is 0 Å². The first-order valence-corrected chi connectivity index (χ1v) is 8.45. The number of β-amino-alcohol motifs (C(OH)–C–C–N with tert-alkyl or cyclic N) is 1. The third-order valence-electron chi connectivity index (χ3n) is 3.88. The lowest BCUT2D eigenvalue weighted by atomic mass is 9.92. The van der Waals surface area contributed by atoms with E-state index in [9.17, 15) is 5.11 Å². The van der Waals surface area contributed by atoms with E-state index >= 15 is 0 Å². The minimum Gasteiger partial charge on any atom is -0.389 e. The number of hydrogen-bond acceptors (Lipinski definition) is 4. The predicted molar refractivity (Wildman–Crippen MR) is 90.7 cm³/mol. The molecular weight excluding hydrogens is 262 g/mol. The van der Waals surface area contributed by atoms with Crippen molar-refractivity contribution in [3.63, 3.8) is 0 Å². The highest BCUT2D eigenvalue weighted by Crippen LogP contribution is 2.18. The van der Waals surface area contributed by atoms with Crippen LogP contribution in [0.5, 0.6) is 0 Å². The summed E-state index contributed by atoms with van der Waals surface area (Å²) in [7, 11) is 0. The van der Waals surface area contributed by atoms with E-state index < -0.39 is 5.60 Å². The summed E-state index contributed by atoms with van der Waals surface area (Å²) < 4.78 is 0. The summed E-state index contributed by atoms with van der Waals surface area (Å²) in [5, 5.41) is 13.5. The van der Waals surface area contributed by atoms with Gasteiger partial charge in [0.1, 0.15) is 0 Å². The number of rotatable bonds is 8. The van der Waals surface area contributed by atoms with E-state index in [1.165, 1.54) is 0 Å². The molecule has 1 fully saturated rings. The van der Waals surface area contributed by atoms with E-state index in [4.69, 9.17) is 0 Å². The van der Waals surface area contributed by atoms with Gasteiger partial charge in [-0.05, 0) is 31.7 Å². The molecule has 4 heteroatoms. The van der Waals surface area contributed by atoms with Crippen molar-refractivity contribution in [1.29, 1.82) is 0 Å². The number of aliphatic hydroxyl groups is 1. The molecule has 0 aromatic rings. The van der Waals surface area contributed by atoms with Crippen LogP contribution in [0.2, 0.25) is 0 Å². The van der Waals surface area contributed by atoms with Crippen LogP contribution in [0.3, 0.4) is 0 Å². The first-order valence-electron chi connectivity index (χ1n) is 8.45. The monoisotopic (exact) mass is 299 g/mol. The molecule has 1 saturated heterocycles. The van der Waals surface area contributed by atoms with Gasteiger partial charge >= 0.3 is 0 Å². The molecule has 126 valence electrons. The standard InChI is InChI=1S/C17H37N3O/c1-15(2)11-18-12-16(3,4)13-19-7-9-20(10-8-19)14-17(5,6)21/h15,18,21H,7-14H2,1-6H3. The lowest BCUT2D eigenvalue weighted by Gasteiger charge is -2.40. The normalized spacial score (nSPS) is 19.4. The fourth-order valence-electron chi connectivity index (χ4n) is 3.01. The molecule has 0 atom stereocenters. The second-order valence-corrected chi connectivity index (χ2v) is 8.55. The van der Waals surface area contributed by atoms with Crippen molar-refractivity contribution in [2.24, 2.45) is 11.3 Å². The fraction of sp³-hybridized carbons (Fsp3) is 1.00. The average Bonchev–Trinajstić information content (AvgIpc) is 2.28. The summed E-state index contributed by atoms with van der Waals surface area (Å²) in [6.45, 7) is 21.5. The molecule has 0 spiro atoms. The molecule has 0 saturated carbocycles. The molecule has 0 unspecified atom stereocenters. The fourth-order valence-corrected chi connectivity index (χ4v) is 3.01. The van der Waals surface area contributed by atoms with Crippen molar-refractivity contribution in [3.05, 3.63) is 0 Å². The van der Waals surface area contributed by atoms with Crippen molar-refractivity contribution in [2.75, 3.05) is 52.4 Å². The quantitative estimate of drug-likeness (QED) is 0.715. The van der Waals surface area contributed by atoms with Gasteiger partial charge in [-0.15, -0.1) is 0 Å². The Kier molecular flexibility index (Phi) is 7.11.